The van der Waals surface area contributed by atoms with E-state index in [4.69, 9.17) is 5.73 Å². The Labute approximate surface area is 98.8 Å². The van der Waals surface area contributed by atoms with E-state index in [1.165, 1.54) is 6.42 Å². The summed E-state index contributed by atoms with van der Waals surface area (Å²) in [5.41, 5.74) is 5.85. The summed E-state index contributed by atoms with van der Waals surface area (Å²) in [7, 11) is 0. The van der Waals surface area contributed by atoms with Gasteiger partial charge in [0, 0.05) is 13.1 Å². The number of hydrogen-bond donors (Lipinski definition) is 1. The van der Waals surface area contributed by atoms with Gasteiger partial charge in [-0.15, -0.1) is 12.4 Å². The van der Waals surface area contributed by atoms with Gasteiger partial charge in [0.2, 0.25) is 5.91 Å². The average molecular weight is 235 g/mol. The molecule has 1 amide bonds. The molecule has 0 spiro atoms. The van der Waals surface area contributed by atoms with Crippen LogP contribution in [-0.4, -0.2) is 29.9 Å². The third kappa shape index (κ3) is 3.99. The van der Waals surface area contributed by atoms with Crippen LogP contribution in [0.25, 0.3) is 0 Å². The highest BCUT2D eigenvalue weighted by molar-refractivity contribution is 5.85. The molecule has 0 saturated carbocycles. The maximum atomic E-state index is 11.9. The molecule has 0 unspecified atom stereocenters. The molecule has 0 radical (unpaired) electrons. The van der Waals surface area contributed by atoms with Crippen molar-refractivity contribution in [1.29, 1.82) is 0 Å². The first-order chi connectivity index (χ1) is 6.52. The van der Waals surface area contributed by atoms with Crippen molar-refractivity contribution in [1.82, 2.24) is 4.90 Å². The van der Waals surface area contributed by atoms with Gasteiger partial charge in [-0.05, 0) is 24.7 Å². The summed E-state index contributed by atoms with van der Waals surface area (Å²) in [6, 6.07) is -0.319. The molecule has 1 rings (SSSR count). The fraction of sp³-hybridized carbons (Fsp3) is 0.909. The Morgan fingerprint density at radius 2 is 2.07 bits per heavy atom. The highest BCUT2D eigenvalue weighted by Gasteiger charge is 2.26. The minimum Gasteiger partial charge on any atom is -0.341 e. The van der Waals surface area contributed by atoms with E-state index in [1.807, 2.05) is 18.7 Å². The van der Waals surface area contributed by atoms with Gasteiger partial charge in [0.15, 0.2) is 0 Å². The summed E-state index contributed by atoms with van der Waals surface area (Å²) in [4.78, 5) is 13.8. The number of hydrogen-bond acceptors (Lipinski definition) is 2. The molecule has 1 aliphatic rings. The molecule has 2 N–H and O–H groups in total. The van der Waals surface area contributed by atoms with Crippen molar-refractivity contribution < 1.29 is 4.79 Å². The molecule has 0 bridgehead atoms. The molecular weight excluding hydrogens is 212 g/mol. The van der Waals surface area contributed by atoms with Crippen LogP contribution in [-0.2, 0) is 4.79 Å². The van der Waals surface area contributed by atoms with Crippen molar-refractivity contribution in [3.05, 3.63) is 0 Å². The van der Waals surface area contributed by atoms with Crippen LogP contribution in [0.4, 0.5) is 0 Å². The molecule has 4 heteroatoms. The fourth-order valence-electron chi connectivity index (χ4n) is 1.89. The van der Waals surface area contributed by atoms with E-state index >= 15 is 0 Å². The third-order valence-electron chi connectivity index (χ3n) is 2.97. The first-order valence-electron chi connectivity index (χ1n) is 5.56. The molecule has 90 valence electrons. The molecule has 0 aromatic heterocycles. The number of carbonyl (C=O) groups is 1. The molecular formula is C11H23ClN2O. The number of nitrogens with two attached hydrogens (primary N) is 1. The van der Waals surface area contributed by atoms with Crippen LogP contribution < -0.4 is 5.73 Å². The van der Waals surface area contributed by atoms with Gasteiger partial charge in [-0.1, -0.05) is 20.8 Å². The van der Waals surface area contributed by atoms with E-state index in [1.54, 1.807) is 0 Å². The monoisotopic (exact) mass is 234 g/mol. The van der Waals surface area contributed by atoms with E-state index in [-0.39, 0.29) is 30.3 Å². The molecule has 0 aromatic rings. The highest BCUT2D eigenvalue weighted by atomic mass is 35.5. The van der Waals surface area contributed by atoms with Crippen LogP contribution in [0.5, 0.6) is 0 Å². The van der Waals surface area contributed by atoms with E-state index in [2.05, 4.69) is 6.92 Å². The quantitative estimate of drug-likeness (QED) is 0.790. The number of halogens is 1. The number of amides is 1. The minimum atomic E-state index is -0.319. The van der Waals surface area contributed by atoms with E-state index in [0.29, 0.717) is 5.92 Å². The summed E-state index contributed by atoms with van der Waals surface area (Å²) >= 11 is 0. The lowest BCUT2D eigenvalue weighted by Gasteiger charge is -2.33. The van der Waals surface area contributed by atoms with Gasteiger partial charge in [0.1, 0.15) is 0 Å². The van der Waals surface area contributed by atoms with Crippen LogP contribution in [0.1, 0.15) is 33.6 Å². The van der Waals surface area contributed by atoms with Gasteiger partial charge >= 0.3 is 0 Å². The zero-order valence-electron chi connectivity index (χ0n) is 9.90. The Morgan fingerprint density at radius 1 is 1.47 bits per heavy atom. The van der Waals surface area contributed by atoms with Gasteiger partial charge in [-0.2, -0.15) is 0 Å². The van der Waals surface area contributed by atoms with Crippen LogP contribution >= 0.6 is 12.4 Å². The Bertz CT molecular complexity index is 209. The smallest absolute Gasteiger partial charge is 0.239 e. The van der Waals surface area contributed by atoms with Crippen molar-refractivity contribution in [2.45, 2.75) is 39.7 Å². The molecule has 0 aromatic carbocycles. The van der Waals surface area contributed by atoms with Gasteiger partial charge < -0.3 is 10.6 Å². The van der Waals surface area contributed by atoms with Crippen molar-refractivity contribution in [2.75, 3.05) is 13.1 Å². The largest absolute Gasteiger partial charge is 0.341 e. The lowest BCUT2D eigenvalue weighted by molar-refractivity contribution is -0.135. The lowest BCUT2D eigenvalue weighted by atomic mass is 9.97. The second kappa shape index (κ2) is 6.33. The second-order valence-electron chi connectivity index (χ2n) is 4.80. The predicted molar refractivity (Wildman–Crippen MR) is 65.0 cm³/mol. The summed E-state index contributed by atoms with van der Waals surface area (Å²) in [5.74, 6) is 0.998. The third-order valence-corrected chi connectivity index (χ3v) is 2.97. The fourth-order valence-corrected chi connectivity index (χ4v) is 1.89. The number of rotatable bonds is 2. The first-order valence-corrected chi connectivity index (χ1v) is 5.56. The van der Waals surface area contributed by atoms with Gasteiger partial charge in [-0.3, -0.25) is 4.79 Å². The van der Waals surface area contributed by atoms with Crippen molar-refractivity contribution in [2.24, 2.45) is 17.6 Å². The average Bonchev–Trinajstić information content (AvgIpc) is 2.15. The Balaban J connectivity index is 0.00000196. The molecule has 15 heavy (non-hydrogen) atoms. The van der Waals surface area contributed by atoms with Crippen LogP contribution in [0, 0.1) is 11.8 Å². The zero-order chi connectivity index (χ0) is 10.7. The number of carbonyl (C=O) groups excluding carboxylic acids is 1. The topological polar surface area (TPSA) is 46.3 Å². The SMILES string of the molecule is CC(C)[C@H](N)C(=O)N1CCC[C@H](C)C1.Cl. The maximum Gasteiger partial charge on any atom is 0.239 e. The molecule has 1 fully saturated rings. The second-order valence-corrected chi connectivity index (χ2v) is 4.80. The van der Waals surface area contributed by atoms with E-state index in [0.717, 1.165) is 19.5 Å². The van der Waals surface area contributed by atoms with Crippen molar-refractivity contribution in [3.63, 3.8) is 0 Å². The van der Waals surface area contributed by atoms with E-state index < -0.39 is 0 Å². The summed E-state index contributed by atoms with van der Waals surface area (Å²) in [6.45, 7) is 7.97. The van der Waals surface area contributed by atoms with Crippen LogP contribution in [0.2, 0.25) is 0 Å². The molecule has 1 heterocycles. The number of piperidine rings is 1. The van der Waals surface area contributed by atoms with Crippen molar-refractivity contribution in [3.8, 4) is 0 Å². The van der Waals surface area contributed by atoms with Gasteiger partial charge in [-0.25, -0.2) is 0 Å². The molecule has 1 saturated heterocycles. The van der Waals surface area contributed by atoms with Crippen LogP contribution in [0.3, 0.4) is 0 Å². The Hall–Kier alpha value is -0.280. The normalized spacial score (nSPS) is 23.5. The molecule has 1 aliphatic heterocycles. The molecule has 3 nitrogen and oxygen atoms in total. The van der Waals surface area contributed by atoms with Crippen LogP contribution in [0.15, 0.2) is 0 Å². The first kappa shape index (κ1) is 14.7. The zero-order valence-corrected chi connectivity index (χ0v) is 10.7. The minimum absolute atomic E-state index is 0. The summed E-state index contributed by atoms with van der Waals surface area (Å²) < 4.78 is 0. The van der Waals surface area contributed by atoms with E-state index in [9.17, 15) is 4.79 Å². The molecule has 0 aliphatic carbocycles. The lowest BCUT2D eigenvalue weighted by Crippen LogP contribution is -2.49. The number of nitrogens with zero attached hydrogens (tertiary/aromatic N) is 1. The van der Waals surface area contributed by atoms with Gasteiger partial charge in [0.05, 0.1) is 6.04 Å². The summed E-state index contributed by atoms with van der Waals surface area (Å²) in [6.07, 6.45) is 2.36. The standard InChI is InChI=1S/C11H22N2O.ClH/c1-8(2)10(12)11(14)13-6-4-5-9(3)7-13;/h8-10H,4-7,12H2,1-3H3;1H/t9-,10-;/m0./s1. The Kier molecular flexibility index (Phi) is 6.22. The predicted octanol–water partition coefficient (Wildman–Crippen LogP) is 1.65. The van der Waals surface area contributed by atoms with Crippen molar-refractivity contribution >= 4 is 18.3 Å². The highest BCUT2D eigenvalue weighted by Crippen LogP contribution is 2.17. The maximum absolute atomic E-state index is 11.9. The molecule has 2 atom stereocenters. The number of likely N-dealkylation sites (tertiary alicyclic amines) is 1. The van der Waals surface area contributed by atoms with Gasteiger partial charge in [0.25, 0.3) is 0 Å². The summed E-state index contributed by atoms with van der Waals surface area (Å²) in [5, 5.41) is 0. The Morgan fingerprint density at radius 3 is 2.53 bits per heavy atom.